The molecule has 18 heavy (non-hydrogen) atoms. The van der Waals surface area contributed by atoms with Gasteiger partial charge in [-0.25, -0.2) is 0 Å². The molecule has 8 nitrogen and oxygen atoms in total. The van der Waals surface area contributed by atoms with Crippen molar-refractivity contribution >= 4 is 11.5 Å². The topological polar surface area (TPSA) is 85.5 Å². The number of hydrogen-bond donors (Lipinski definition) is 1. The number of nitrogens with one attached hydrogen (secondary N) is 1. The molecule has 0 unspecified atom stereocenters. The summed E-state index contributed by atoms with van der Waals surface area (Å²) in [6, 6.07) is 0. The van der Waals surface area contributed by atoms with Crippen molar-refractivity contribution in [3.05, 3.63) is 16.3 Å². The summed E-state index contributed by atoms with van der Waals surface area (Å²) in [5, 5.41) is 17.6. The highest BCUT2D eigenvalue weighted by molar-refractivity contribution is 5.54. The summed E-state index contributed by atoms with van der Waals surface area (Å²) in [4.78, 5) is 12.3. The van der Waals surface area contributed by atoms with Crippen LogP contribution in [-0.2, 0) is 11.8 Å². The zero-order valence-corrected chi connectivity index (χ0v) is 10.9. The zero-order valence-electron chi connectivity index (χ0n) is 10.9. The largest absolute Gasteiger partial charge is 0.378 e. The third kappa shape index (κ3) is 4.68. The lowest BCUT2D eigenvalue weighted by atomic mass is 10.5. The average molecular weight is 257 g/mol. The van der Waals surface area contributed by atoms with Crippen molar-refractivity contribution in [1.29, 1.82) is 0 Å². The summed E-state index contributed by atoms with van der Waals surface area (Å²) in [7, 11) is 5.59. The number of anilines is 1. The first-order chi connectivity index (χ1) is 8.50. The van der Waals surface area contributed by atoms with E-state index in [-0.39, 0.29) is 11.5 Å². The van der Waals surface area contributed by atoms with Gasteiger partial charge in [-0.3, -0.25) is 14.8 Å². The molecule has 0 atom stereocenters. The molecule has 0 saturated carbocycles. The van der Waals surface area contributed by atoms with E-state index in [9.17, 15) is 10.1 Å². The number of aromatic nitrogens is 2. The van der Waals surface area contributed by atoms with Crippen molar-refractivity contribution in [3.8, 4) is 0 Å². The van der Waals surface area contributed by atoms with Gasteiger partial charge >= 0.3 is 5.69 Å². The minimum Gasteiger partial charge on any atom is -0.378 e. The Labute approximate surface area is 106 Å². The van der Waals surface area contributed by atoms with Crippen LogP contribution >= 0.6 is 0 Å². The molecule has 1 aromatic rings. The van der Waals surface area contributed by atoms with Crippen LogP contribution in [0.3, 0.4) is 0 Å². The Kier molecular flexibility index (Phi) is 5.53. The number of ether oxygens (including phenoxy) is 1. The van der Waals surface area contributed by atoms with Crippen LogP contribution in [0.2, 0.25) is 0 Å². The molecule has 1 heterocycles. The highest BCUT2D eigenvalue weighted by Gasteiger charge is 2.17. The lowest BCUT2D eigenvalue weighted by Gasteiger charge is -2.09. The van der Waals surface area contributed by atoms with E-state index in [1.807, 2.05) is 19.0 Å². The first-order valence-corrected chi connectivity index (χ1v) is 5.65. The van der Waals surface area contributed by atoms with E-state index >= 15 is 0 Å². The van der Waals surface area contributed by atoms with Gasteiger partial charge in [-0.05, 0) is 14.1 Å². The molecule has 0 amide bonds. The van der Waals surface area contributed by atoms with Crippen molar-refractivity contribution in [2.45, 2.75) is 0 Å². The molecule has 0 spiro atoms. The van der Waals surface area contributed by atoms with E-state index < -0.39 is 4.92 Å². The van der Waals surface area contributed by atoms with Crippen molar-refractivity contribution in [2.75, 3.05) is 45.7 Å². The van der Waals surface area contributed by atoms with Crippen LogP contribution < -0.4 is 5.32 Å². The quantitative estimate of drug-likeness (QED) is 0.410. The Morgan fingerprint density at radius 1 is 1.56 bits per heavy atom. The van der Waals surface area contributed by atoms with Crippen molar-refractivity contribution in [3.63, 3.8) is 0 Å². The molecular formula is C10H19N5O3. The average Bonchev–Trinajstić information content (AvgIpc) is 2.64. The summed E-state index contributed by atoms with van der Waals surface area (Å²) in [5.41, 5.74) is -0.0224. The molecule has 0 aliphatic carbocycles. The second-order valence-electron chi connectivity index (χ2n) is 4.14. The summed E-state index contributed by atoms with van der Waals surface area (Å²) in [5.74, 6) is 0.277. The molecule has 0 aromatic carbocycles. The number of nitro groups is 1. The van der Waals surface area contributed by atoms with Gasteiger partial charge in [0.2, 0.25) is 5.82 Å². The smallest absolute Gasteiger partial charge is 0.330 e. The molecule has 102 valence electrons. The van der Waals surface area contributed by atoms with Gasteiger partial charge in [0.1, 0.15) is 6.20 Å². The van der Waals surface area contributed by atoms with Crippen molar-refractivity contribution in [2.24, 2.45) is 7.05 Å². The van der Waals surface area contributed by atoms with Crippen LogP contribution in [0.5, 0.6) is 0 Å². The van der Waals surface area contributed by atoms with Crippen LogP contribution in [0.4, 0.5) is 11.5 Å². The summed E-state index contributed by atoms with van der Waals surface area (Å²) >= 11 is 0. The normalized spacial score (nSPS) is 10.9. The van der Waals surface area contributed by atoms with Gasteiger partial charge in [-0.15, -0.1) is 5.10 Å². The SMILES string of the molecule is CN(C)CCOCCNc1nn(C)cc1[N+](=O)[O-]. The Morgan fingerprint density at radius 3 is 2.89 bits per heavy atom. The maximum absolute atomic E-state index is 10.7. The predicted molar refractivity (Wildman–Crippen MR) is 67.7 cm³/mol. The van der Waals surface area contributed by atoms with Crippen LogP contribution in [0.15, 0.2) is 6.20 Å². The molecule has 0 saturated heterocycles. The van der Waals surface area contributed by atoms with Gasteiger partial charge in [0.25, 0.3) is 0 Å². The minimum atomic E-state index is -0.456. The monoisotopic (exact) mass is 257 g/mol. The van der Waals surface area contributed by atoms with E-state index in [1.165, 1.54) is 10.9 Å². The lowest BCUT2D eigenvalue weighted by molar-refractivity contribution is -0.384. The molecule has 0 radical (unpaired) electrons. The highest BCUT2D eigenvalue weighted by Crippen LogP contribution is 2.20. The van der Waals surface area contributed by atoms with Crippen molar-refractivity contribution < 1.29 is 9.66 Å². The Balaban J connectivity index is 2.29. The van der Waals surface area contributed by atoms with Crippen LogP contribution in [0.25, 0.3) is 0 Å². The maximum atomic E-state index is 10.7. The van der Waals surface area contributed by atoms with Gasteiger partial charge in [-0.1, -0.05) is 0 Å². The maximum Gasteiger partial charge on any atom is 0.330 e. The van der Waals surface area contributed by atoms with E-state index in [1.54, 1.807) is 7.05 Å². The molecule has 0 aliphatic rings. The third-order valence-electron chi connectivity index (χ3n) is 2.23. The summed E-state index contributed by atoms with van der Waals surface area (Å²) in [6.07, 6.45) is 1.37. The first-order valence-electron chi connectivity index (χ1n) is 5.65. The Morgan fingerprint density at radius 2 is 2.28 bits per heavy atom. The molecule has 1 aromatic heterocycles. The fraction of sp³-hybridized carbons (Fsp3) is 0.700. The Hall–Kier alpha value is -1.67. The van der Waals surface area contributed by atoms with Gasteiger partial charge in [0.15, 0.2) is 0 Å². The molecule has 0 bridgehead atoms. The number of likely N-dealkylation sites (N-methyl/N-ethyl adjacent to an activating group) is 1. The Bertz CT molecular complexity index is 391. The molecular weight excluding hydrogens is 238 g/mol. The predicted octanol–water partition coefficient (Wildman–Crippen LogP) is 0.318. The molecule has 0 fully saturated rings. The number of nitrogens with zero attached hydrogens (tertiary/aromatic N) is 4. The van der Waals surface area contributed by atoms with Gasteiger partial charge in [-0.2, -0.15) is 0 Å². The van der Waals surface area contributed by atoms with Gasteiger partial charge in [0, 0.05) is 20.1 Å². The summed E-state index contributed by atoms with van der Waals surface area (Å²) < 4.78 is 6.77. The summed E-state index contributed by atoms with van der Waals surface area (Å²) in [6.45, 7) is 2.47. The second-order valence-corrected chi connectivity index (χ2v) is 4.14. The van der Waals surface area contributed by atoms with E-state index in [4.69, 9.17) is 4.74 Å². The lowest BCUT2D eigenvalue weighted by Crippen LogP contribution is -2.20. The molecule has 1 rings (SSSR count). The number of rotatable bonds is 8. The first kappa shape index (κ1) is 14.4. The molecule has 1 N–H and O–H groups in total. The van der Waals surface area contributed by atoms with E-state index in [2.05, 4.69) is 10.4 Å². The number of aryl methyl sites for hydroxylation is 1. The molecule has 8 heteroatoms. The van der Waals surface area contributed by atoms with E-state index in [0.29, 0.717) is 19.8 Å². The number of hydrogen-bond acceptors (Lipinski definition) is 6. The molecule has 0 aliphatic heterocycles. The highest BCUT2D eigenvalue weighted by atomic mass is 16.6. The van der Waals surface area contributed by atoms with Crippen molar-refractivity contribution in [1.82, 2.24) is 14.7 Å². The van der Waals surface area contributed by atoms with E-state index in [0.717, 1.165) is 6.54 Å². The van der Waals surface area contributed by atoms with Gasteiger partial charge in [0.05, 0.1) is 18.1 Å². The second kappa shape index (κ2) is 6.92. The van der Waals surface area contributed by atoms with Crippen LogP contribution in [0, 0.1) is 10.1 Å². The van der Waals surface area contributed by atoms with Crippen LogP contribution in [-0.4, -0.2) is 60.0 Å². The fourth-order valence-corrected chi connectivity index (χ4v) is 1.33. The van der Waals surface area contributed by atoms with Crippen LogP contribution in [0.1, 0.15) is 0 Å². The third-order valence-corrected chi connectivity index (χ3v) is 2.23. The minimum absolute atomic E-state index is 0.0224. The fourth-order valence-electron chi connectivity index (χ4n) is 1.33. The van der Waals surface area contributed by atoms with Gasteiger partial charge < -0.3 is 15.0 Å². The zero-order chi connectivity index (χ0) is 13.5. The standard InChI is InChI=1S/C10H19N5O3/c1-13(2)5-7-18-6-4-11-10-9(15(16)17)8-14(3)12-10/h8H,4-7H2,1-3H3,(H,11,12).